The number of aromatic nitrogens is 1. The fourth-order valence-electron chi connectivity index (χ4n) is 2.40. The topological polar surface area (TPSA) is 60.2 Å². The van der Waals surface area contributed by atoms with Gasteiger partial charge in [-0.1, -0.05) is 0 Å². The summed E-state index contributed by atoms with van der Waals surface area (Å²) in [6.45, 7) is 4.02. The smallest absolute Gasteiger partial charge is 0.237 e. The largest absolute Gasteiger partial charge is 0.473 e. The Morgan fingerprint density at radius 2 is 2.28 bits per heavy atom. The minimum atomic E-state index is 0.133. The van der Waals surface area contributed by atoms with Gasteiger partial charge in [0.1, 0.15) is 0 Å². The number of hydrogen-bond acceptors (Lipinski definition) is 4. The zero-order chi connectivity index (χ0) is 13.0. The molecule has 1 aromatic heterocycles. The molecule has 0 bridgehead atoms. The predicted octanol–water partition coefficient (Wildman–Crippen LogP) is 2.55. The highest BCUT2D eigenvalue weighted by atomic mass is 16.5. The molecule has 1 aliphatic rings. The average Bonchev–Trinajstić information content (AvgIpc) is 2.31. The summed E-state index contributed by atoms with van der Waals surface area (Å²) in [6, 6.07) is 4.71. The highest BCUT2D eigenvalue weighted by molar-refractivity contribution is 5.52. The van der Waals surface area contributed by atoms with Gasteiger partial charge in [-0.05, 0) is 51.7 Å². The lowest BCUT2D eigenvalue weighted by Gasteiger charge is -2.28. The second kappa shape index (κ2) is 6.05. The molecule has 4 heteroatoms. The van der Waals surface area contributed by atoms with Crippen LogP contribution in [0.2, 0.25) is 0 Å². The van der Waals surface area contributed by atoms with E-state index >= 15 is 0 Å². The van der Waals surface area contributed by atoms with E-state index < -0.39 is 0 Å². The number of nitrogens with one attached hydrogen (secondary N) is 1. The summed E-state index contributed by atoms with van der Waals surface area (Å²) in [4.78, 5) is 4.29. The van der Waals surface area contributed by atoms with Crippen LogP contribution in [-0.2, 0) is 0 Å². The van der Waals surface area contributed by atoms with Gasteiger partial charge >= 0.3 is 0 Å². The van der Waals surface area contributed by atoms with Crippen LogP contribution in [0.4, 0.5) is 5.69 Å². The average molecular weight is 249 g/mol. The number of rotatable bonds is 4. The summed E-state index contributed by atoms with van der Waals surface area (Å²) in [5.41, 5.74) is 6.99. The van der Waals surface area contributed by atoms with Crippen molar-refractivity contribution in [2.45, 2.75) is 57.7 Å². The number of hydrogen-bond donors (Lipinski definition) is 2. The highest BCUT2D eigenvalue weighted by Gasteiger charge is 2.20. The Bertz CT molecular complexity index is 381. The van der Waals surface area contributed by atoms with Crippen molar-refractivity contribution in [3.05, 3.63) is 18.3 Å². The van der Waals surface area contributed by atoms with Gasteiger partial charge in [0.15, 0.2) is 0 Å². The minimum absolute atomic E-state index is 0.133. The predicted molar refractivity (Wildman–Crippen MR) is 73.9 cm³/mol. The molecule has 18 heavy (non-hydrogen) atoms. The maximum absolute atomic E-state index is 6.01. The van der Waals surface area contributed by atoms with E-state index in [2.05, 4.69) is 10.3 Å². The summed E-state index contributed by atoms with van der Waals surface area (Å²) in [6.07, 6.45) is 6.42. The fourth-order valence-corrected chi connectivity index (χ4v) is 2.40. The van der Waals surface area contributed by atoms with E-state index in [1.165, 1.54) is 12.8 Å². The van der Waals surface area contributed by atoms with Crippen LogP contribution in [-0.4, -0.2) is 23.2 Å². The van der Waals surface area contributed by atoms with Crippen molar-refractivity contribution in [3.63, 3.8) is 0 Å². The molecule has 0 aromatic carbocycles. The Morgan fingerprint density at radius 1 is 1.44 bits per heavy atom. The van der Waals surface area contributed by atoms with Crippen LogP contribution < -0.4 is 15.8 Å². The third-order valence-corrected chi connectivity index (χ3v) is 3.19. The van der Waals surface area contributed by atoms with Gasteiger partial charge in [-0.15, -0.1) is 0 Å². The summed E-state index contributed by atoms with van der Waals surface area (Å²) >= 11 is 0. The summed E-state index contributed by atoms with van der Waals surface area (Å²) in [7, 11) is 0. The number of anilines is 1. The van der Waals surface area contributed by atoms with Gasteiger partial charge in [0.05, 0.1) is 11.8 Å². The van der Waals surface area contributed by atoms with Crippen LogP contribution in [0.1, 0.15) is 39.5 Å². The van der Waals surface area contributed by atoms with Crippen LogP contribution in [0, 0.1) is 0 Å². The fraction of sp³-hybridized carbons (Fsp3) is 0.643. The van der Waals surface area contributed by atoms with E-state index in [1.54, 1.807) is 6.20 Å². The first kappa shape index (κ1) is 13.1. The number of pyridine rings is 1. The van der Waals surface area contributed by atoms with Gasteiger partial charge in [0.2, 0.25) is 5.88 Å². The van der Waals surface area contributed by atoms with Gasteiger partial charge < -0.3 is 15.8 Å². The van der Waals surface area contributed by atoms with Gasteiger partial charge in [-0.3, -0.25) is 0 Å². The molecule has 1 aliphatic carbocycles. The van der Waals surface area contributed by atoms with Crippen molar-refractivity contribution < 1.29 is 4.74 Å². The van der Waals surface area contributed by atoms with Crippen molar-refractivity contribution in [2.24, 2.45) is 5.73 Å². The van der Waals surface area contributed by atoms with Crippen molar-refractivity contribution in [1.82, 2.24) is 4.98 Å². The number of ether oxygens (including phenoxy) is 1. The molecule has 2 atom stereocenters. The lowest BCUT2D eigenvalue weighted by Crippen LogP contribution is -2.35. The standard InChI is InChI=1S/C14H23N3O/c1-10(2)18-14-13(7-4-8-16-14)17-12-6-3-5-11(15)9-12/h4,7-8,10-12,17H,3,5-6,9,15H2,1-2H3. The Hall–Kier alpha value is -1.29. The van der Waals surface area contributed by atoms with Crippen LogP contribution in [0.25, 0.3) is 0 Å². The molecule has 1 saturated carbocycles. The van der Waals surface area contributed by atoms with Crippen molar-refractivity contribution >= 4 is 5.69 Å². The first-order valence-electron chi connectivity index (χ1n) is 6.79. The SMILES string of the molecule is CC(C)Oc1ncccc1NC1CCCC(N)C1. The van der Waals surface area contributed by atoms with Crippen molar-refractivity contribution in [2.75, 3.05) is 5.32 Å². The molecule has 100 valence electrons. The second-order valence-corrected chi connectivity index (χ2v) is 5.29. The van der Waals surface area contributed by atoms with E-state index in [0.29, 0.717) is 18.0 Å². The highest BCUT2D eigenvalue weighted by Crippen LogP contribution is 2.26. The minimum Gasteiger partial charge on any atom is -0.473 e. The molecular weight excluding hydrogens is 226 g/mol. The van der Waals surface area contributed by atoms with E-state index in [-0.39, 0.29) is 6.10 Å². The van der Waals surface area contributed by atoms with E-state index in [4.69, 9.17) is 10.5 Å². The number of nitrogens with zero attached hydrogens (tertiary/aromatic N) is 1. The Labute approximate surface area is 109 Å². The molecule has 1 heterocycles. The molecule has 0 radical (unpaired) electrons. The maximum atomic E-state index is 6.01. The van der Waals surface area contributed by atoms with E-state index in [0.717, 1.165) is 18.5 Å². The monoisotopic (exact) mass is 249 g/mol. The first-order chi connectivity index (χ1) is 8.65. The maximum Gasteiger partial charge on any atom is 0.237 e. The van der Waals surface area contributed by atoms with E-state index in [9.17, 15) is 0 Å². The van der Waals surface area contributed by atoms with Crippen LogP contribution in [0.15, 0.2) is 18.3 Å². The van der Waals surface area contributed by atoms with Gasteiger partial charge in [0, 0.05) is 18.3 Å². The van der Waals surface area contributed by atoms with Gasteiger partial charge in [-0.2, -0.15) is 0 Å². The van der Waals surface area contributed by atoms with Crippen LogP contribution in [0.5, 0.6) is 5.88 Å². The summed E-state index contributed by atoms with van der Waals surface area (Å²) in [5.74, 6) is 0.687. The first-order valence-corrected chi connectivity index (χ1v) is 6.79. The van der Waals surface area contributed by atoms with Crippen molar-refractivity contribution in [3.8, 4) is 5.88 Å². The molecule has 0 saturated heterocycles. The second-order valence-electron chi connectivity index (χ2n) is 5.29. The zero-order valence-corrected chi connectivity index (χ0v) is 11.2. The molecule has 0 spiro atoms. The molecule has 2 rings (SSSR count). The van der Waals surface area contributed by atoms with Crippen LogP contribution in [0.3, 0.4) is 0 Å². The molecule has 0 aliphatic heterocycles. The molecule has 1 aromatic rings. The normalized spacial score (nSPS) is 24.0. The lowest BCUT2D eigenvalue weighted by atomic mass is 9.91. The quantitative estimate of drug-likeness (QED) is 0.861. The molecule has 3 N–H and O–H groups in total. The molecular formula is C14H23N3O. The van der Waals surface area contributed by atoms with Crippen LogP contribution >= 0.6 is 0 Å². The van der Waals surface area contributed by atoms with Crippen molar-refractivity contribution in [1.29, 1.82) is 0 Å². The Morgan fingerprint density at radius 3 is 3.00 bits per heavy atom. The molecule has 0 amide bonds. The summed E-state index contributed by atoms with van der Waals surface area (Å²) < 4.78 is 5.71. The van der Waals surface area contributed by atoms with Gasteiger partial charge in [-0.25, -0.2) is 4.98 Å². The third-order valence-electron chi connectivity index (χ3n) is 3.19. The zero-order valence-electron chi connectivity index (χ0n) is 11.2. The van der Waals surface area contributed by atoms with Gasteiger partial charge in [0.25, 0.3) is 0 Å². The Kier molecular flexibility index (Phi) is 4.42. The molecule has 2 unspecified atom stereocenters. The molecule has 1 fully saturated rings. The Balaban J connectivity index is 2.03. The van der Waals surface area contributed by atoms with E-state index in [1.807, 2.05) is 26.0 Å². The number of nitrogens with two attached hydrogens (primary N) is 1. The lowest BCUT2D eigenvalue weighted by molar-refractivity contribution is 0.233. The summed E-state index contributed by atoms with van der Waals surface area (Å²) in [5, 5.41) is 3.52. The third kappa shape index (κ3) is 3.60. The molecule has 4 nitrogen and oxygen atoms in total.